The lowest BCUT2D eigenvalue weighted by molar-refractivity contribution is -0.117. The van der Waals surface area contributed by atoms with E-state index in [0.717, 1.165) is 22.4 Å². The van der Waals surface area contributed by atoms with Gasteiger partial charge in [-0.1, -0.05) is 62.4 Å². The molecule has 0 radical (unpaired) electrons. The van der Waals surface area contributed by atoms with Crippen molar-refractivity contribution in [3.63, 3.8) is 0 Å². The fourth-order valence-electron chi connectivity index (χ4n) is 3.86. The number of nitrogens with one attached hydrogen (secondary N) is 2. The summed E-state index contributed by atoms with van der Waals surface area (Å²) in [6.45, 7) is 7.82. The first-order valence-electron chi connectivity index (χ1n) is 11.2. The molecule has 7 heteroatoms. The minimum absolute atomic E-state index is 0.0791. The second kappa shape index (κ2) is 10.8. The largest absolute Gasteiger partial charge is 0.496 e. The Kier molecular flexibility index (Phi) is 8.12. The Labute approximate surface area is 202 Å². The quantitative estimate of drug-likeness (QED) is 0.453. The first-order chi connectivity index (χ1) is 16.1. The highest BCUT2D eigenvalue weighted by Gasteiger charge is 2.27. The van der Waals surface area contributed by atoms with Gasteiger partial charge in [-0.3, -0.25) is 4.79 Å². The minimum Gasteiger partial charge on any atom is -0.496 e. The van der Waals surface area contributed by atoms with E-state index < -0.39 is 22.0 Å². The number of ether oxygens (including phenoxy) is 1. The molecule has 0 aromatic heterocycles. The molecule has 0 saturated heterocycles. The Morgan fingerprint density at radius 1 is 0.941 bits per heavy atom. The second-order valence-corrected chi connectivity index (χ2v) is 10.4. The molecule has 0 bridgehead atoms. The maximum Gasteiger partial charge on any atom is 0.242 e. The highest BCUT2D eigenvalue weighted by atomic mass is 32.2. The van der Waals surface area contributed by atoms with Crippen molar-refractivity contribution in [1.82, 2.24) is 4.72 Å². The molecule has 0 aliphatic rings. The third-order valence-corrected chi connectivity index (χ3v) is 7.22. The molecule has 0 heterocycles. The van der Waals surface area contributed by atoms with Crippen molar-refractivity contribution in [2.75, 3.05) is 12.4 Å². The topological polar surface area (TPSA) is 84.5 Å². The number of methoxy groups -OCH3 is 1. The molecule has 3 rings (SSSR count). The number of anilines is 1. The molecule has 0 aliphatic heterocycles. The summed E-state index contributed by atoms with van der Waals surface area (Å²) in [5.41, 5.74) is 4.19. The van der Waals surface area contributed by atoms with E-state index in [1.54, 1.807) is 13.0 Å². The van der Waals surface area contributed by atoms with Gasteiger partial charge in [0.25, 0.3) is 0 Å². The summed E-state index contributed by atoms with van der Waals surface area (Å²) in [6.07, 6.45) is 0.212. The maximum absolute atomic E-state index is 13.5. The van der Waals surface area contributed by atoms with Gasteiger partial charge in [-0.2, -0.15) is 4.72 Å². The number of amides is 1. The summed E-state index contributed by atoms with van der Waals surface area (Å²) in [4.78, 5) is 13.5. The van der Waals surface area contributed by atoms with Crippen molar-refractivity contribution in [2.24, 2.45) is 0 Å². The van der Waals surface area contributed by atoms with Crippen LogP contribution in [0.2, 0.25) is 0 Å². The van der Waals surface area contributed by atoms with Crippen molar-refractivity contribution in [3.8, 4) is 5.75 Å². The van der Waals surface area contributed by atoms with Gasteiger partial charge < -0.3 is 10.1 Å². The third kappa shape index (κ3) is 6.04. The highest BCUT2D eigenvalue weighted by Crippen LogP contribution is 2.28. The van der Waals surface area contributed by atoms with Crippen molar-refractivity contribution in [2.45, 2.75) is 51.0 Å². The van der Waals surface area contributed by atoms with Gasteiger partial charge in [0.2, 0.25) is 15.9 Å². The molecule has 1 atom stereocenters. The molecule has 3 aromatic rings. The standard InChI is InChI=1S/C27H32N2O4S/c1-18(2)23-13-9-10-19(3)26(23)28-27(30)24(17-21-11-7-6-8-12-21)29-34(31,32)22-14-15-25(33-5)20(4)16-22/h6-16,18,24,29H,17H2,1-5H3,(H,28,30)/t24-/m1/s1. The van der Waals surface area contributed by atoms with Gasteiger partial charge in [-0.25, -0.2) is 8.42 Å². The van der Waals surface area contributed by atoms with Crippen LogP contribution in [0.3, 0.4) is 0 Å². The van der Waals surface area contributed by atoms with Crippen LogP contribution in [0.1, 0.15) is 42.0 Å². The fraction of sp³-hybridized carbons (Fsp3) is 0.296. The van der Waals surface area contributed by atoms with Gasteiger partial charge >= 0.3 is 0 Å². The Bertz CT molecular complexity index is 1250. The molecule has 2 N–H and O–H groups in total. The Morgan fingerprint density at radius 3 is 2.26 bits per heavy atom. The number of benzene rings is 3. The zero-order valence-corrected chi connectivity index (χ0v) is 21.1. The minimum atomic E-state index is -3.97. The van der Waals surface area contributed by atoms with E-state index in [9.17, 15) is 13.2 Å². The average Bonchev–Trinajstić information content (AvgIpc) is 2.80. The van der Waals surface area contributed by atoms with Gasteiger partial charge in [0.05, 0.1) is 12.0 Å². The number of sulfonamides is 1. The van der Waals surface area contributed by atoms with Gasteiger partial charge in [-0.05, 0) is 66.6 Å². The molecule has 0 unspecified atom stereocenters. The highest BCUT2D eigenvalue weighted by molar-refractivity contribution is 7.89. The Balaban J connectivity index is 1.94. The number of hydrogen-bond acceptors (Lipinski definition) is 4. The van der Waals surface area contributed by atoms with E-state index in [4.69, 9.17) is 4.74 Å². The SMILES string of the molecule is COc1ccc(S(=O)(=O)N[C@H](Cc2ccccc2)C(=O)Nc2c(C)cccc2C(C)C)cc1C. The van der Waals surface area contributed by atoms with Crippen LogP contribution < -0.4 is 14.8 Å². The second-order valence-electron chi connectivity index (χ2n) is 8.68. The molecule has 0 fully saturated rings. The number of carbonyl (C=O) groups is 1. The molecule has 0 aliphatic carbocycles. The normalized spacial score (nSPS) is 12.4. The van der Waals surface area contributed by atoms with Crippen molar-refractivity contribution in [1.29, 1.82) is 0 Å². The van der Waals surface area contributed by atoms with E-state index in [2.05, 4.69) is 23.9 Å². The van der Waals surface area contributed by atoms with Gasteiger partial charge in [0, 0.05) is 5.69 Å². The monoisotopic (exact) mass is 480 g/mol. The van der Waals surface area contributed by atoms with Gasteiger partial charge in [-0.15, -0.1) is 0 Å². The molecule has 0 spiro atoms. The summed E-state index contributed by atoms with van der Waals surface area (Å²) in [7, 11) is -2.43. The molecule has 180 valence electrons. The Hall–Kier alpha value is -3.16. The zero-order valence-electron chi connectivity index (χ0n) is 20.3. The lowest BCUT2D eigenvalue weighted by Crippen LogP contribution is -2.45. The number of rotatable bonds is 9. The average molecular weight is 481 g/mol. The van der Waals surface area contributed by atoms with Crippen LogP contribution in [0.25, 0.3) is 0 Å². The predicted octanol–water partition coefficient (Wildman–Crippen LogP) is 4.96. The van der Waals surface area contributed by atoms with Crippen LogP contribution in [-0.4, -0.2) is 27.5 Å². The van der Waals surface area contributed by atoms with Crippen molar-refractivity contribution in [3.05, 3.63) is 89.0 Å². The molecule has 1 amide bonds. The smallest absolute Gasteiger partial charge is 0.242 e. The zero-order chi connectivity index (χ0) is 24.9. The van der Waals surface area contributed by atoms with Crippen LogP contribution in [0.5, 0.6) is 5.75 Å². The first-order valence-corrected chi connectivity index (χ1v) is 12.7. The predicted molar refractivity (Wildman–Crippen MR) is 136 cm³/mol. The number of hydrogen-bond donors (Lipinski definition) is 2. The van der Waals surface area contributed by atoms with E-state index in [1.165, 1.54) is 19.2 Å². The van der Waals surface area contributed by atoms with Crippen LogP contribution in [0.4, 0.5) is 5.69 Å². The molecule has 6 nitrogen and oxygen atoms in total. The number of carbonyl (C=O) groups excluding carboxylic acids is 1. The van der Waals surface area contributed by atoms with Crippen LogP contribution in [0.15, 0.2) is 71.6 Å². The molecule has 34 heavy (non-hydrogen) atoms. The first kappa shape index (κ1) is 25.5. The molecular formula is C27H32N2O4S. The van der Waals surface area contributed by atoms with Crippen molar-refractivity contribution < 1.29 is 17.9 Å². The summed E-state index contributed by atoms with van der Waals surface area (Å²) < 4.78 is 34.4. The fourth-order valence-corrected chi connectivity index (χ4v) is 5.14. The number of aryl methyl sites for hydroxylation is 2. The van der Waals surface area contributed by atoms with Crippen LogP contribution >= 0.6 is 0 Å². The van der Waals surface area contributed by atoms with E-state index >= 15 is 0 Å². The lowest BCUT2D eigenvalue weighted by Gasteiger charge is -2.22. The van der Waals surface area contributed by atoms with Gasteiger partial charge in [0.1, 0.15) is 11.8 Å². The molecular weight excluding hydrogens is 448 g/mol. The summed E-state index contributed by atoms with van der Waals surface area (Å²) in [5, 5.41) is 3.00. The molecule has 0 saturated carbocycles. The Morgan fingerprint density at radius 2 is 1.65 bits per heavy atom. The third-order valence-electron chi connectivity index (χ3n) is 5.75. The summed E-state index contributed by atoms with van der Waals surface area (Å²) in [6, 6.07) is 18.8. The summed E-state index contributed by atoms with van der Waals surface area (Å²) >= 11 is 0. The van der Waals surface area contributed by atoms with E-state index in [-0.39, 0.29) is 17.2 Å². The number of para-hydroxylation sites is 1. The van der Waals surface area contributed by atoms with Crippen LogP contribution in [0, 0.1) is 13.8 Å². The lowest BCUT2D eigenvalue weighted by atomic mass is 9.97. The van der Waals surface area contributed by atoms with Crippen LogP contribution in [-0.2, 0) is 21.2 Å². The summed E-state index contributed by atoms with van der Waals surface area (Å²) in [5.74, 6) is 0.383. The van der Waals surface area contributed by atoms with Gasteiger partial charge in [0.15, 0.2) is 0 Å². The van der Waals surface area contributed by atoms with E-state index in [1.807, 2.05) is 55.5 Å². The molecule has 3 aromatic carbocycles. The van der Waals surface area contributed by atoms with Crippen molar-refractivity contribution >= 4 is 21.6 Å². The maximum atomic E-state index is 13.5. The van der Waals surface area contributed by atoms with E-state index in [0.29, 0.717) is 11.3 Å².